The average Bonchev–Trinajstić information content (AvgIpc) is 2.04. The molecule has 13 heavy (non-hydrogen) atoms. The van der Waals surface area contributed by atoms with Gasteiger partial charge >= 0.3 is 6.18 Å². The molecule has 1 aromatic heterocycles. The fourth-order valence-electron chi connectivity index (χ4n) is 0.671. The summed E-state index contributed by atoms with van der Waals surface area (Å²) in [5, 5.41) is 0. The van der Waals surface area contributed by atoms with Crippen LogP contribution in [0, 0.1) is 18.8 Å². The predicted octanol–water partition coefficient (Wildman–Crippen LogP) is 1.68. The summed E-state index contributed by atoms with van der Waals surface area (Å²) in [5.74, 6) is 4.51. The summed E-state index contributed by atoms with van der Waals surface area (Å²) in [6.07, 6.45) is -3.64. The summed E-state index contributed by atoms with van der Waals surface area (Å²) in [4.78, 5) is 6.59. The molecule has 0 saturated carbocycles. The number of hydrogen-bond acceptors (Lipinski definition) is 2. The van der Waals surface area contributed by atoms with Crippen LogP contribution < -0.4 is 0 Å². The molecule has 0 aromatic carbocycles. The van der Waals surface area contributed by atoms with E-state index >= 15 is 0 Å². The number of hydrogen-bond donors (Lipinski definition) is 0. The highest BCUT2D eigenvalue weighted by Gasteiger charge is 2.32. The largest absolute Gasteiger partial charge is 0.433 e. The van der Waals surface area contributed by atoms with Crippen LogP contribution in [0.15, 0.2) is 12.4 Å². The van der Waals surface area contributed by atoms with Gasteiger partial charge in [-0.1, -0.05) is 5.92 Å². The van der Waals surface area contributed by atoms with Crippen LogP contribution in [-0.4, -0.2) is 9.97 Å². The molecular formula is C8H4F3N2. The van der Waals surface area contributed by atoms with Gasteiger partial charge in [-0.2, -0.15) is 13.2 Å². The molecule has 0 unspecified atom stereocenters. The molecule has 0 amide bonds. The Morgan fingerprint density at radius 3 is 2.54 bits per heavy atom. The summed E-state index contributed by atoms with van der Waals surface area (Å²) < 4.78 is 36.2. The van der Waals surface area contributed by atoms with E-state index in [4.69, 9.17) is 0 Å². The SMILES string of the molecule is [CH2]C#Cc1cc(C(F)(F)F)ncn1. The maximum Gasteiger partial charge on any atom is 0.433 e. The van der Waals surface area contributed by atoms with E-state index < -0.39 is 11.9 Å². The molecule has 0 aliphatic rings. The number of rotatable bonds is 0. The van der Waals surface area contributed by atoms with E-state index in [1.54, 1.807) is 0 Å². The molecule has 0 spiro atoms. The van der Waals surface area contributed by atoms with E-state index in [1.807, 2.05) is 0 Å². The van der Waals surface area contributed by atoms with Gasteiger partial charge in [0.1, 0.15) is 17.7 Å². The second-order valence-electron chi connectivity index (χ2n) is 2.09. The molecule has 0 fully saturated rings. The monoisotopic (exact) mass is 185 g/mol. The Morgan fingerprint density at radius 1 is 1.31 bits per heavy atom. The number of alkyl halides is 3. The van der Waals surface area contributed by atoms with Crippen molar-refractivity contribution >= 4 is 0 Å². The number of halogens is 3. The molecule has 67 valence electrons. The van der Waals surface area contributed by atoms with Crippen LogP contribution in [0.25, 0.3) is 0 Å². The zero-order chi connectivity index (χ0) is 9.90. The lowest BCUT2D eigenvalue weighted by Gasteiger charge is -2.03. The van der Waals surface area contributed by atoms with E-state index in [-0.39, 0.29) is 5.69 Å². The molecule has 0 aliphatic carbocycles. The van der Waals surface area contributed by atoms with Crippen LogP contribution in [0.3, 0.4) is 0 Å². The summed E-state index contributed by atoms with van der Waals surface area (Å²) in [6, 6.07) is 0.776. The zero-order valence-corrected chi connectivity index (χ0v) is 6.39. The van der Waals surface area contributed by atoms with Crippen molar-refractivity contribution in [2.75, 3.05) is 0 Å². The second kappa shape index (κ2) is 3.44. The van der Waals surface area contributed by atoms with Gasteiger partial charge in [0.05, 0.1) is 0 Å². The van der Waals surface area contributed by atoms with Gasteiger partial charge in [-0.15, -0.1) is 0 Å². The van der Waals surface area contributed by atoms with Gasteiger partial charge < -0.3 is 0 Å². The summed E-state index contributed by atoms with van der Waals surface area (Å²) in [7, 11) is 0. The number of aromatic nitrogens is 2. The summed E-state index contributed by atoms with van der Waals surface area (Å²) >= 11 is 0. The third kappa shape index (κ3) is 2.44. The highest BCUT2D eigenvalue weighted by Crippen LogP contribution is 2.26. The Bertz CT molecular complexity index is 360. The Kier molecular flexibility index (Phi) is 2.52. The van der Waals surface area contributed by atoms with Crippen molar-refractivity contribution in [3.05, 3.63) is 30.7 Å². The Labute approximate surface area is 72.8 Å². The first-order valence-electron chi connectivity index (χ1n) is 3.21. The van der Waals surface area contributed by atoms with Gasteiger partial charge in [0.15, 0.2) is 0 Å². The Balaban J connectivity index is 3.10. The third-order valence-corrected chi connectivity index (χ3v) is 1.17. The van der Waals surface area contributed by atoms with Gasteiger partial charge in [0, 0.05) is 13.0 Å². The molecule has 0 aliphatic heterocycles. The fraction of sp³-hybridized carbons (Fsp3) is 0.125. The predicted molar refractivity (Wildman–Crippen MR) is 39.3 cm³/mol. The van der Waals surface area contributed by atoms with Crippen LogP contribution in [0.4, 0.5) is 13.2 Å². The van der Waals surface area contributed by atoms with Gasteiger partial charge in [0.2, 0.25) is 0 Å². The first-order chi connectivity index (χ1) is 6.04. The minimum absolute atomic E-state index is 0.0114. The normalized spacial score (nSPS) is 10.5. The molecule has 0 saturated heterocycles. The number of nitrogens with zero attached hydrogens (tertiary/aromatic N) is 2. The molecule has 5 heteroatoms. The molecule has 1 radical (unpaired) electrons. The third-order valence-electron chi connectivity index (χ3n) is 1.17. The second-order valence-corrected chi connectivity index (χ2v) is 2.09. The first-order valence-corrected chi connectivity index (χ1v) is 3.21. The highest BCUT2D eigenvalue weighted by atomic mass is 19.4. The lowest BCUT2D eigenvalue weighted by Crippen LogP contribution is -2.08. The average molecular weight is 185 g/mol. The maximum absolute atomic E-state index is 12.1. The van der Waals surface area contributed by atoms with Crippen molar-refractivity contribution in [1.29, 1.82) is 0 Å². The minimum atomic E-state index is -4.46. The molecule has 2 nitrogen and oxygen atoms in total. The van der Waals surface area contributed by atoms with Crippen LogP contribution in [-0.2, 0) is 6.18 Å². The maximum atomic E-state index is 12.1. The van der Waals surface area contributed by atoms with Crippen LogP contribution in [0.1, 0.15) is 11.4 Å². The van der Waals surface area contributed by atoms with Gasteiger partial charge in [0.25, 0.3) is 0 Å². The molecule has 0 N–H and O–H groups in total. The Hall–Kier alpha value is -1.57. The zero-order valence-electron chi connectivity index (χ0n) is 6.39. The summed E-state index contributed by atoms with van der Waals surface area (Å²) in [6.45, 7) is 3.17. The lowest BCUT2D eigenvalue weighted by atomic mass is 10.3. The van der Waals surface area contributed by atoms with Crippen molar-refractivity contribution in [2.45, 2.75) is 6.18 Å². The molecule has 0 bridgehead atoms. The lowest BCUT2D eigenvalue weighted by molar-refractivity contribution is -0.141. The quantitative estimate of drug-likeness (QED) is 0.574. The topological polar surface area (TPSA) is 25.8 Å². The van der Waals surface area contributed by atoms with Crippen molar-refractivity contribution in [2.24, 2.45) is 0 Å². The van der Waals surface area contributed by atoms with Crippen LogP contribution in [0.2, 0.25) is 0 Å². The summed E-state index contributed by atoms with van der Waals surface area (Å²) in [5.41, 5.74) is -0.988. The minimum Gasteiger partial charge on any atom is -0.232 e. The van der Waals surface area contributed by atoms with Gasteiger partial charge in [-0.05, 0) is 5.92 Å². The van der Waals surface area contributed by atoms with E-state index in [1.165, 1.54) is 0 Å². The van der Waals surface area contributed by atoms with Crippen molar-refractivity contribution in [3.63, 3.8) is 0 Å². The smallest absolute Gasteiger partial charge is 0.232 e. The van der Waals surface area contributed by atoms with E-state index in [9.17, 15) is 13.2 Å². The van der Waals surface area contributed by atoms with Crippen molar-refractivity contribution in [1.82, 2.24) is 9.97 Å². The van der Waals surface area contributed by atoms with E-state index in [0.29, 0.717) is 0 Å². The molecule has 1 rings (SSSR count). The molecule has 0 atom stereocenters. The Morgan fingerprint density at radius 2 is 2.00 bits per heavy atom. The molecular weight excluding hydrogens is 181 g/mol. The van der Waals surface area contributed by atoms with Gasteiger partial charge in [-0.25, -0.2) is 9.97 Å². The standard InChI is InChI=1S/C8H4F3N2/c1-2-3-6-4-7(8(9,10)11)13-5-12-6/h4-5H,1H2. The van der Waals surface area contributed by atoms with E-state index in [2.05, 4.69) is 28.7 Å². The van der Waals surface area contributed by atoms with Crippen LogP contribution in [0.5, 0.6) is 0 Å². The van der Waals surface area contributed by atoms with Crippen molar-refractivity contribution < 1.29 is 13.2 Å². The first kappa shape index (κ1) is 9.52. The molecule has 1 aromatic rings. The molecule has 1 heterocycles. The van der Waals surface area contributed by atoms with Crippen molar-refractivity contribution in [3.8, 4) is 11.8 Å². The van der Waals surface area contributed by atoms with Gasteiger partial charge in [-0.3, -0.25) is 0 Å². The highest BCUT2D eigenvalue weighted by molar-refractivity contribution is 5.29. The van der Waals surface area contributed by atoms with E-state index in [0.717, 1.165) is 12.4 Å². The fourth-order valence-corrected chi connectivity index (χ4v) is 0.671. The van der Waals surface area contributed by atoms with Crippen LogP contribution >= 0.6 is 0 Å².